The lowest BCUT2D eigenvalue weighted by Crippen LogP contribution is -2.41. The monoisotopic (exact) mass is 611 g/mol. The smallest absolute Gasteiger partial charge is 0.488 e. The molecule has 1 amide bonds. The molecule has 2 saturated heterocycles. The first-order chi connectivity index (χ1) is 21.2. The van der Waals surface area contributed by atoms with Gasteiger partial charge in [0.1, 0.15) is 23.8 Å². The summed E-state index contributed by atoms with van der Waals surface area (Å²) in [5.74, 6) is 1.78. The Morgan fingerprint density at radius 2 is 1.82 bits per heavy atom. The molecule has 0 radical (unpaired) electrons. The fourth-order valence-electron chi connectivity index (χ4n) is 6.68. The lowest BCUT2D eigenvalue weighted by Gasteiger charge is -2.32. The van der Waals surface area contributed by atoms with Crippen LogP contribution in [0.3, 0.4) is 0 Å². The normalized spacial score (nSPS) is 22.0. The van der Waals surface area contributed by atoms with E-state index in [0.717, 1.165) is 62.0 Å². The van der Waals surface area contributed by atoms with E-state index in [1.54, 1.807) is 12.0 Å². The van der Waals surface area contributed by atoms with Crippen LogP contribution in [0.25, 0.3) is 32.9 Å². The molecule has 45 heavy (non-hydrogen) atoms. The van der Waals surface area contributed by atoms with Crippen LogP contribution in [-0.2, 0) is 25.4 Å². The number of imidazole rings is 1. The lowest BCUT2D eigenvalue weighted by molar-refractivity contribution is 0.00578. The maximum Gasteiger partial charge on any atom is 0.494 e. The van der Waals surface area contributed by atoms with Crippen molar-refractivity contribution in [2.24, 2.45) is 5.92 Å². The summed E-state index contributed by atoms with van der Waals surface area (Å²) in [6.07, 6.45) is 0.410. The van der Waals surface area contributed by atoms with Crippen molar-refractivity contribution in [1.82, 2.24) is 14.9 Å². The van der Waals surface area contributed by atoms with Gasteiger partial charge in [-0.1, -0.05) is 24.3 Å². The number of aromatic amines is 1. The number of aromatic nitrogens is 2. The molecule has 3 aliphatic heterocycles. The number of methoxy groups -OCH3 is 1. The van der Waals surface area contributed by atoms with E-state index in [1.165, 1.54) is 0 Å². The number of carbonyl (C=O) groups excluding carboxylic acids is 1. The molecule has 2 atom stereocenters. The van der Waals surface area contributed by atoms with E-state index >= 15 is 0 Å². The van der Waals surface area contributed by atoms with Gasteiger partial charge in [0.05, 0.1) is 34.9 Å². The standard InChI is InChI=1S/C35H42BN3O6/c1-33(2,3)43-32(40)39-17-20(18-41-8)13-28(39)31-37-27-12-9-21-15-26-24-11-10-23(36-44-34(4,5)35(6,7)45-36)14-22(24)19-42-29(26)16-25(21)30(27)38-31/h9-12,14-16,20,28H,13,17-19H2,1-8H3,(H,37,38)/t20-,28?/m1/s1. The number of ether oxygens (including phenoxy) is 3. The van der Waals surface area contributed by atoms with Crippen molar-refractivity contribution in [3.8, 4) is 16.9 Å². The van der Waals surface area contributed by atoms with Crippen LogP contribution in [0.5, 0.6) is 5.75 Å². The van der Waals surface area contributed by atoms with Gasteiger partial charge in [-0.05, 0) is 95.1 Å². The van der Waals surface area contributed by atoms with Gasteiger partial charge < -0.3 is 28.5 Å². The topological polar surface area (TPSA) is 95.1 Å². The summed E-state index contributed by atoms with van der Waals surface area (Å²) in [6, 6.07) is 14.6. The number of rotatable bonds is 4. The van der Waals surface area contributed by atoms with E-state index in [0.29, 0.717) is 19.8 Å². The highest BCUT2D eigenvalue weighted by molar-refractivity contribution is 6.62. The van der Waals surface area contributed by atoms with Gasteiger partial charge in [-0.15, -0.1) is 0 Å². The lowest BCUT2D eigenvalue weighted by atomic mass is 9.77. The van der Waals surface area contributed by atoms with E-state index in [9.17, 15) is 4.79 Å². The molecule has 0 saturated carbocycles. The Bertz CT molecular complexity index is 1790. The molecule has 4 aromatic rings. The van der Waals surface area contributed by atoms with Crippen molar-refractivity contribution < 1.29 is 28.3 Å². The van der Waals surface area contributed by atoms with E-state index in [-0.39, 0.29) is 18.1 Å². The van der Waals surface area contributed by atoms with Crippen LogP contribution < -0.4 is 10.2 Å². The fourth-order valence-corrected chi connectivity index (χ4v) is 6.68. The zero-order valence-electron chi connectivity index (χ0n) is 27.4. The number of nitrogens with one attached hydrogen (secondary N) is 1. The Kier molecular flexibility index (Phi) is 7.00. The number of hydrogen-bond acceptors (Lipinski definition) is 7. The van der Waals surface area contributed by atoms with Crippen molar-refractivity contribution in [3.63, 3.8) is 0 Å². The van der Waals surface area contributed by atoms with Crippen molar-refractivity contribution in [2.75, 3.05) is 20.3 Å². The van der Waals surface area contributed by atoms with Crippen molar-refractivity contribution in [2.45, 2.75) is 84.3 Å². The van der Waals surface area contributed by atoms with E-state index in [1.807, 2.05) is 26.8 Å². The number of hydrogen-bond donors (Lipinski definition) is 1. The van der Waals surface area contributed by atoms with Crippen LogP contribution in [0, 0.1) is 5.92 Å². The Hall–Kier alpha value is -3.60. The second-order valence-corrected chi connectivity index (χ2v) is 14.7. The van der Waals surface area contributed by atoms with Crippen LogP contribution in [0.1, 0.15) is 72.3 Å². The molecule has 3 aliphatic rings. The Balaban J connectivity index is 1.22. The molecule has 3 aromatic carbocycles. The summed E-state index contributed by atoms with van der Waals surface area (Å²) in [6.45, 7) is 15.5. The molecule has 4 heterocycles. The van der Waals surface area contributed by atoms with Crippen LogP contribution in [0.4, 0.5) is 4.79 Å². The Morgan fingerprint density at radius 1 is 1.07 bits per heavy atom. The van der Waals surface area contributed by atoms with E-state index in [4.69, 9.17) is 28.5 Å². The highest BCUT2D eigenvalue weighted by atomic mass is 16.7. The molecule has 0 bridgehead atoms. The van der Waals surface area contributed by atoms with Crippen molar-refractivity contribution in [1.29, 1.82) is 0 Å². The maximum absolute atomic E-state index is 13.2. The van der Waals surface area contributed by atoms with Gasteiger partial charge in [0.15, 0.2) is 0 Å². The molecular weight excluding hydrogens is 569 g/mol. The third-order valence-corrected chi connectivity index (χ3v) is 9.65. The van der Waals surface area contributed by atoms with Crippen LogP contribution >= 0.6 is 0 Å². The molecule has 236 valence electrons. The average molecular weight is 612 g/mol. The van der Waals surface area contributed by atoms with Gasteiger partial charge in [-0.3, -0.25) is 4.90 Å². The maximum atomic E-state index is 13.2. The molecule has 1 unspecified atom stereocenters. The molecule has 9 nitrogen and oxygen atoms in total. The molecule has 1 aromatic heterocycles. The third-order valence-electron chi connectivity index (χ3n) is 9.65. The zero-order chi connectivity index (χ0) is 31.9. The predicted molar refractivity (Wildman–Crippen MR) is 175 cm³/mol. The zero-order valence-corrected chi connectivity index (χ0v) is 27.4. The van der Waals surface area contributed by atoms with E-state index < -0.39 is 23.9 Å². The van der Waals surface area contributed by atoms with E-state index in [2.05, 4.69) is 69.1 Å². The largest absolute Gasteiger partial charge is 0.494 e. The number of fused-ring (bicyclic) bond motifs is 6. The fraction of sp³-hybridized carbons (Fsp3) is 0.486. The van der Waals surface area contributed by atoms with Gasteiger partial charge in [-0.2, -0.15) is 0 Å². The molecule has 2 fully saturated rings. The first-order valence-corrected chi connectivity index (χ1v) is 15.8. The quantitative estimate of drug-likeness (QED) is 0.263. The van der Waals surface area contributed by atoms with Crippen LogP contribution in [-0.4, -0.2) is 65.1 Å². The number of likely N-dealkylation sites (tertiary alicyclic amines) is 1. The minimum absolute atomic E-state index is 0.197. The summed E-state index contributed by atoms with van der Waals surface area (Å²) in [7, 11) is 1.27. The molecular formula is C35H42BN3O6. The second-order valence-electron chi connectivity index (χ2n) is 14.7. The van der Waals surface area contributed by atoms with Gasteiger partial charge in [-0.25, -0.2) is 9.78 Å². The molecule has 7 rings (SSSR count). The average Bonchev–Trinajstić information content (AvgIpc) is 3.64. The summed E-state index contributed by atoms with van der Waals surface area (Å²) in [5.41, 5.74) is 4.69. The number of H-pyrrole nitrogens is 1. The Morgan fingerprint density at radius 3 is 2.53 bits per heavy atom. The summed E-state index contributed by atoms with van der Waals surface area (Å²) < 4.78 is 30.2. The number of benzene rings is 3. The molecule has 0 aliphatic carbocycles. The molecule has 10 heteroatoms. The minimum atomic E-state index is -0.587. The van der Waals surface area contributed by atoms with Crippen molar-refractivity contribution in [3.05, 3.63) is 53.9 Å². The number of amides is 1. The highest BCUT2D eigenvalue weighted by Gasteiger charge is 2.51. The Labute approximate surface area is 264 Å². The highest BCUT2D eigenvalue weighted by Crippen LogP contribution is 2.43. The first kappa shape index (κ1) is 30.1. The molecule has 0 spiro atoms. The molecule has 1 N–H and O–H groups in total. The van der Waals surface area contributed by atoms with Gasteiger partial charge in [0.2, 0.25) is 0 Å². The minimum Gasteiger partial charge on any atom is -0.488 e. The van der Waals surface area contributed by atoms with Crippen LogP contribution in [0.15, 0.2) is 42.5 Å². The van der Waals surface area contributed by atoms with Crippen LogP contribution in [0.2, 0.25) is 0 Å². The summed E-state index contributed by atoms with van der Waals surface area (Å²) in [4.78, 5) is 23.6. The predicted octanol–water partition coefficient (Wildman–Crippen LogP) is 6.52. The van der Waals surface area contributed by atoms with Gasteiger partial charge in [0, 0.05) is 30.5 Å². The SMILES string of the molecule is COC[C@@H]1CC(c2nc3ccc4cc5c(cc4c3[nH]2)OCc2cc(B3OC(C)(C)C(C)(C)O3)ccc2-5)N(C(=O)OC(C)(C)C)C1. The summed E-state index contributed by atoms with van der Waals surface area (Å²) in [5, 5.41) is 2.10. The number of nitrogens with zero attached hydrogens (tertiary/aromatic N) is 2. The van der Waals surface area contributed by atoms with Gasteiger partial charge in [0.25, 0.3) is 0 Å². The number of carbonyl (C=O) groups is 1. The van der Waals surface area contributed by atoms with Gasteiger partial charge >= 0.3 is 13.2 Å². The first-order valence-electron chi connectivity index (χ1n) is 15.8. The third kappa shape index (κ3) is 5.26. The summed E-state index contributed by atoms with van der Waals surface area (Å²) >= 11 is 0. The van der Waals surface area contributed by atoms with Crippen molar-refractivity contribution >= 4 is 40.5 Å². The second kappa shape index (κ2) is 10.5.